The van der Waals surface area contributed by atoms with Crippen molar-refractivity contribution in [2.24, 2.45) is 0 Å². The first-order valence-corrected chi connectivity index (χ1v) is 10.1. The molecule has 0 radical (unpaired) electrons. The molecule has 9 nitrogen and oxygen atoms in total. The summed E-state index contributed by atoms with van der Waals surface area (Å²) in [6.45, 7) is 1.52. The van der Waals surface area contributed by atoms with Crippen LogP contribution in [0.4, 0.5) is 23.2 Å². The van der Waals surface area contributed by atoms with E-state index in [9.17, 15) is 22.4 Å². The number of amides is 1. The van der Waals surface area contributed by atoms with Crippen molar-refractivity contribution in [2.75, 3.05) is 25.6 Å². The third-order valence-electron chi connectivity index (χ3n) is 4.78. The molecule has 186 valence electrons. The highest BCUT2D eigenvalue weighted by Crippen LogP contribution is 2.28. The molecule has 0 unspecified atom stereocenters. The van der Waals surface area contributed by atoms with Gasteiger partial charge in [0.15, 0.2) is 0 Å². The van der Waals surface area contributed by atoms with Crippen molar-refractivity contribution in [3.8, 4) is 22.8 Å². The van der Waals surface area contributed by atoms with Gasteiger partial charge in [0, 0.05) is 24.9 Å². The van der Waals surface area contributed by atoms with Crippen molar-refractivity contribution >= 4 is 17.6 Å². The first-order valence-electron chi connectivity index (χ1n) is 10.1. The molecular weight excluding hydrogens is 476 g/mol. The Balaban J connectivity index is 0.000000429. The maximum absolute atomic E-state index is 14.5. The smallest absolute Gasteiger partial charge is 0.475 e. The zero-order chi connectivity index (χ0) is 25.6. The van der Waals surface area contributed by atoms with Crippen LogP contribution >= 0.6 is 0 Å². The summed E-state index contributed by atoms with van der Waals surface area (Å²) in [6, 6.07) is 10.3. The van der Waals surface area contributed by atoms with E-state index < -0.39 is 12.1 Å². The topological polar surface area (TPSA) is 127 Å². The van der Waals surface area contributed by atoms with E-state index in [1.54, 1.807) is 36.4 Å². The van der Waals surface area contributed by atoms with Gasteiger partial charge in [0.2, 0.25) is 11.7 Å². The molecule has 2 aromatic carbocycles. The third-order valence-corrected chi connectivity index (χ3v) is 4.78. The number of alkyl halides is 3. The van der Waals surface area contributed by atoms with Crippen molar-refractivity contribution in [3.05, 3.63) is 53.3 Å². The Labute approximate surface area is 196 Å². The minimum absolute atomic E-state index is 0.0161. The first kappa shape index (κ1) is 25.8. The van der Waals surface area contributed by atoms with E-state index in [0.717, 1.165) is 24.1 Å². The summed E-state index contributed by atoms with van der Waals surface area (Å²) < 4.78 is 56.3. The maximum Gasteiger partial charge on any atom is 0.490 e. The van der Waals surface area contributed by atoms with Crippen molar-refractivity contribution < 1.29 is 41.5 Å². The van der Waals surface area contributed by atoms with Crippen molar-refractivity contribution in [2.45, 2.75) is 19.1 Å². The lowest BCUT2D eigenvalue weighted by Crippen LogP contribution is -2.23. The summed E-state index contributed by atoms with van der Waals surface area (Å²) in [5.74, 6) is -2.88. The number of rotatable bonds is 5. The molecule has 4 rings (SSSR count). The number of aliphatic carboxylic acids is 1. The number of fused-ring (bicyclic) bond motifs is 1. The Morgan fingerprint density at radius 3 is 2.51 bits per heavy atom. The Kier molecular flexibility index (Phi) is 8.14. The zero-order valence-corrected chi connectivity index (χ0v) is 18.3. The molecule has 3 N–H and O–H groups in total. The largest absolute Gasteiger partial charge is 0.490 e. The van der Waals surface area contributed by atoms with Crippen molar-refractivity contribution in [3.63, 3.8) is 0 Å². The molecule has 0 saturated heterocycles. The van der Waals surface area contributed by atoms with E-state index in [1.165, 1.54) is 7.11 Å². The first-order chi connectivity index (χ1) is 16.6. The number of nitrogens with zero attached hydrogens (tertiary/aromatic N) is 2. The van der Waals surface area contributed by atoms with E-state index in [1.807, 2.05) is 0 Å². The molecule has 0 spiro atoms. The van der Waals surface area contributed by atoms with Crippen LogP contribution in [0.3, 0.4) is 0 Å². The SMILES string of the molecule is COCC(=O)Nc1ccc(-c2noc(-c3cc4c(cc3F)CCNC4)n2)cc1.O=C(O)C(F)(F)F. The van der Waals surface area contributed by atoms with Crippen LogP contribution in [-0.4, -0.2) is 53.6 Å². The molecule has 2 heterocycles. The third kappa shape index (κ3) is 6.83. The minimum atomic E-state index is -5.08. The van der Waals surface area contributed by atoms with Gasteiger partial charge in [-0.25, -0.2) is 9.18 Å². The highest BCUT2D eigenvalue weighted by Gasteiger charge is 2.38. The van der Waals surface area contributed by atoms with E-state index >= 15 is 0 Å². The number of methoxy groups -OCH3 is 1. The molecule has 0 atom stereocenters. The summed E-state index contributed by atoms with van der Waals surface area (Å²) >= 11 is 0. The van der Waals surface area contributed by atoms with Gasteiger partial charge < -0.3 is 25.0 Å². The monoisotopic (exact) mass is 496 g/mol. The van der Waals surface area contributed by atoms with Gasteiger partial charge >= 0.3 is 12.1 Å². The van der Waals surface area contributed by atoms with Gasteiger partial charge in [0.05, 0.1) is 5.56 Å². The molecule has 1 amide bonds. The van der Waals surface area contributed by atoms with E-state index in [0.29, 0.717) is 29.2 Å². The van der Waals surface area contributed by atoms with Crippen LogP contribution in [0, 0.1) is 5.82 Å². The molecule has 13 heteroatoms. The number of nitrogens with one attached hydrogen (secondary N) is 2. The number of aromatic nitrogens is 2. The second-order valence-electron chi connectivity index (χ2n) is 7.31. The second kappa shape index (κ2) is 11.1. The van der Waals surface area contributed by atoms with Crippen LogP contribution in [0.15, 0.2) is 40.9 Å². The predicted molar refractivity (Wildman–Crippen MR) is 115 cm³/mol. The Hall–Kier alpha value is -3.84. The number of benzene rings is 2. The van der Waals surface area contributed by atoms with Crippen LogP contribution < -0.4 is 10.6 Å². The molecule has 0 fully saturated rings. The van der Waals surface area contributed by atoms with Crippen LogP contribution in [-0.2, 0) is 27.3 Å². The second-order valence-corrected chi connectivity index (χ2v) is 7.31. The van der Waals surface area contributed by atoms with Gasteiger partial charge in [-0.2, -0.15) is 18.2 Å². The van der Waals surface area contributed by atoms with Crippen LogP contribution in [0.1, 0.15) is 11.1 Å². The Bertz CT molecular complexity index is 1200. The lowest BCUT2D eigenvalue weighted by atomic mass is 9.98. The van der Waals surface area contributed by atoms with Crippen LogP contribution in [0.5, 0.6) is 0 Å². The number of carbonyl (C=O) groups excluding carboxylic acids is 1. The normalized spacial score (nSPS) is 12.8. The van der Waals surface area contributed by atoms with Gasteiger partial charge in [-0.05, 0) is 60.5 Å². The maximum atomic E-state index is 14.5. The Morgan fingerprint density at radius 2 is 1.89 bits per heavy atom. The summed E-state index contributed by atoms with van der Waals surface area (Å²) in [4.78, 5) is 24.8. The fourth-order valence-electron chi connectivity index (χ4n) is 3.15. The molecule has 0 saturated carbocycles. The number of carbonyl (C=O) groups is 2. The molecule has 0 bridgehead atoms. The lowest BCUT2D eigenvalue weighted by Gasteiger charge is -2.17. The number of hydrogen-bond donors (Lipinski definition) is 3. The lowest BCUT2D eigenvalue weighted by molar-refractivity contribution is -0.192. The van der Waals surface area contributed by atoms with Gasteiger partial charge in [-0.1, -0.05) is 5.16 Å². The molecule has 0 aliphatic carbocycles. The highest BCUT2D eigenvalue weighted by atomic mass is 19.4. The van der Waals surface area contributed by atoms with Crippen LogP contribution in [0.2, 0.25) is 0 Å². The number of halogens is 4. The molecule has 1 aliphatic rings. The van der Waals surface area contributed by atoms with Gasteiger partial charge in [0.1, 0.15) is 12.4 Å². The predicted octanol–water partition coefficient (Wildman–Crippen LogP) is 3.41. The minimum Gasteiger partial charge on any atom is -0.475 e. The zero-order valence-electron chi connectivity index (χ0n) is 18.3. The summed E-state index contributed by atoms with van der Waals surface area (Å²) in [5, 5.41) is 17.1. The molecular formula is C22H20F4N4O5. The molecule has 3 aromatic rings. The van der Waals surface area contributed by atoms with E-state index in [2.05, 4.69) is 20.8 Å². The quantitative estimate of drug-likeness (QED) is 0.459. The van der Waals surface area contributed by atoms with Crippen LogP contribution in [0.25, 0.3) is 22.8 Å². The van der Waals surface area contributed by atoms with Crippen molar-refractivity contribution in [1.29, 1.82) is 0 Å². The highest BCUT2D eigenvalue weighted by molar-refractivity contribution is 5.91. The molecule has 35 heavy (non-hydrogen) atoms. The van der Waals surface area contributed by atoms with E-state index in [-0.39, 0.29) is 24.2 Å². The Morgan fingerprint density at radius 1 is 1.20 bits per heavy atom. The van der Waals surface area contributed by atoms with Gasteiger partial charge in [-0.15, -0.1) is 0 Å². The number of carboxylic acid groups (broad SMARTS) is 1. The average molecular weight is 496 g/mol. The number of ether oxygens (including phenoxy) is 1. The van der Waals surface area contributed by atoms with Gasteiger partial charge in [-0.3, -0.25) is 4.79 Å². The number of anilines is 1. The standard InChI is InChI=1S/C20H19FN4O3.C2HF3O2/c1-27-11-18(26)23-15-4-2-12(3-5-15)19-24-20(28-25-19)16-8-14-10-22-7-6-13(14)9-17(16)21;3-2(4,5)1(6)7/h2-5,8-9,22H,6-7,10-11H2,1H3,(H,23,26);(H,6,7). The fraction of sp³-hybridized carbons (Fsp3) is 0.273. The fourth-order valence-corrected chi connectivity index (χ4v) is 3.15. The number of carboxylic acids is 1. The number of hydrogen-bond acceptors (Lipinski definition) is 7. The van der Waals surface area contributed by atoms with E-state index in [4.69, 9.17) is 19.2 Å². The molecule has 1 aromatic heterocycles. The van der Waals surface area contributed by atoms with Gasteiger partial charge in [0.25, 0.3) is 5.89 Å². The summed E-state index contributed by atoms with van der Waals surface area (Å²) in [5.41, 5.74) is 3.66. The van der Waals surface area contributed by atoms with Crippen molar-refractivity contribution in [1.82, 2.24) is 15.5 Å². The average Bonchev–Trinajstić information content (AvgIpc) is 3.29. The summed E-state index contributed by atoms with van der Waals surface area (Å²) in [6.07, 6.45) is -4.28. The summed E-state index contributed by atoms with van der Waals surface area (Å²) in [7, 11) is 1.46. The molecule has 1 aliphatic heterocycles.